The van der Waals surface area contributed by atoms with Crippen LogP contribution in [0.1, 0.15) is 43.0 Å². The number of carbonyl (C=O) groups is 1. The van der Waals surface area contributed by atoms with Gasteiger partial charge in [0, 0.05) is 12.7 Å². The van der Waals surface area contributed by atoms with Gasteiger partial charge in [-0.2, -0.15) is 0 Å². The second kappa shape index (κ2) is 13.0. The zero-order valence-corrected chi connectivity index (χ0v) is 24.4. The average Bonchev–Trinajstić information content (AvgIpc) is 3.25. The smallest absolute Gasteiger partial charge is 0.338 e. The average molecular weight is 567 g/mol. The van der Waals surface area contributed by atoms with Crippen molar-refractivity contribution in [1.29, 1.82) is 0 Å². The highest BCUT2D eigenvalue weighted by molar-refractivity contribution is 7.07. The summed E-state index contributed by atoms with van der Waals surface area (Å²) in [6, 6.07) is 10.3. The van der Waals surface area contributed by atoms with Crippen molar-refractivity contribution in [3.8, 4) is 17.2 Å². The maximum atomic E-state index is 14.0. The van der Waals surface area contributed by atoms with E-state index in [1.165, 1.54) is 18.4 Å². The lowest BCUT2D eigenvalue weighted by atomic mass is 9.94. The van der Waals surface area contributed by atoms with Crippen LogP contribution >= 0.6 is 11.3 Å². The van der Waals surface area contributed by atoms with Gasteiger partial charge >= 0.3 is 5.97 Å². The first-order chi connectivity index (χ1) is 19.3. The topological polar surface area (TPSA) is 97.6 Å². The number of hydrogen-bond donors (Lipinski definition) is 0. The van der Waals surface area contributed by atoms with Gasteiger partial charge < -0.3 is 23.7 Å². The van der Waals surface area contributed by atoms with Gasteiger partial charge in [-0.25, -0.2) is 9.79 Å². The van der Waals surface area contributed by atoms with Crippen molar-refractivity contribution in [2.75, 3.05) is 41.2 Å². The number of para-hydroxylation sites is 1. The third kappa shape index (κ3) is 5.83. The number of esters is 1. The zero-order valence-electron chi connectivity index (χ0n) is 23.6. The predicted octanol–water partition coefficient (Wildman–Crippen LogP) is 3.54. The summed E-state index contributed by atoms with van der Waals surface area (Å²) in [7, 11) is 4.70. The van der Waals surface area contributed by atoms with E-state index in [2.05, 4.69) is 4.99 Å². The van der Waals surface area contributed by atoms with E-state index < -0.39 is 12.0 Å². The Morgan fingerprint density at radius 3 is 2.55 bits per heavy atom. The number of aromatic nitrogens is 1. The third-order valence-corrected chi connectivity index (χ3v) is 7.48. The van der Waals surface area contributed by atoms with Crippen molar-refractivity contribution in [3.05, 3.63) is 84.0 Å². The summed E-state index contributed by atoms with van der Waals surface area (Å²) in [5.41, 5.74) is 2.89. The van der Waals surface area contributed by atoms with Crippen LogP contribution in [0.5, 0.6) is 17.2 Å². The Bertz CT molecular complexity index is 1600. The van der Waals surface area contributed by atoms with Crippen molar-refractivity contribution in [1.82, 2.24) is 4.57 Å². The lowest BCUT2D eigenvalue weighted by molar-refractivity contribution is -0.140. The van der Waals surface area contributed by atoms with Gasteiger partial charge in [-0.1, -0.05) is 36.5 Å². The van der Waals surface area contributed by atoms with Gasteiger partial charge in [0.25, 0.3) is 5.56 Å². The molecule has 9 nitrogen and oxygen atoms in total. The molecular formula is C30H34N2O7S. The number of aryl methyl sites for hydroxylation is 1. The fourth-order valence-corrected chi connectivity index (χ4v) is 5.56. The number of benzene rings is 2. The molecule has 3 aromatic rings. The van der Waals surface area contributed by atoms with Crippen molar-refractivity contribution < 1.29 is 28.5 Å². The van der Waals surface area contributed by atoms with Crippen LogP contribution in [-0.4, -0.2) is 51.7 Å². The van der Waals surface area contributed by atoms with E-state index in [9.17, 15) is 9.59 Å². The van der Waals surface area contributed by atoms with Gasteiger partial charge in [0.05, 0.1) is 43.2 Å². The summed E-state index contributed by atoms with van der Waals surface area (Å²) in [6.45, 7) is 6.45. The first-order valence-electron chi connectivity index (χ1n) is 13.0. The molecule has 1 atom stereocenters. The molecule has 0 aliphatic carbocycles. The second-order valence-corrected chi connectivity index (χ2v) is 10.2. The first-order valence-corrected chi connectivity index (χ1v) is 13.8. The SMILES string of the molecule is CCCOc1c(OC)cccc1[C@@H]1C(C(=O)OCCOC)=C(C)N=c2s/c(=C/c3ccc(OC)cc3C)c(=O)n21. The number of allylic oxidation sites excluding steroid dienone is 1. The minimum atomic E-state index is -0.840. The number of methoxy groups -OCH3 is 3. The molecule has 1 aliphatic heterocycles. The Morgan fingerprint density at radius 1 is 1.07 bits per heavy atom. The van der Waals surface area contributed by atoms with Crippen molar-refractivity contribution >= 4 is 23.4 Å². The third-order valence-electron chi connectivity index (χ3n) is 6.50. The van der Waals surface area contributed by atoms with Crippen LogP contribution in [0.4, 0.5) is 0 Å². The van der Waals surface area contributed by atoms with Gasteiger partial charge in [-0.05, 0) is 55.7 Å². The van der Waals surface area contributed by atoms with Crippen molar-refractivity contribution in [2.45, 2.75) is 33.2 Å². The van der Waals surface area contributed by atoms with Crippen LogP contribution in [0.25, 0.3) is 6.08 Å². The molecular weight excluding hydrogens is 532 g/mol. The van der Waals surface area contributed by atoms with E-state index in [1.54, 1.807) is 31.8 Å². The van der Waals surface area contributed by atoms with E-state index in [0.29, 0.717) is 38.7 Å². The largest absolute Gasteiger partial charge is 0.497 e. The molecule has 0 saturated carbocycles. The molecule has 0 fully saturated rings. The first kappa shape index (κ1) is 29.1. The number of rotatable bonds is 11. The molecule has 0 amide bonds. The van der Waals surface area contributed by atoms with E-state index in [-0.39, 0.29) is 24.3 Å². The number of carbonyl (C=O) groups excluding carboxylic acids is 1. The summed E-state index contributed by atoms with van der Waals surface area (Å²) in [4.78, 5) is 32.7. The number of fused-ring (bicyclic) bond motifs is 1. The molecule has 0 radical (unpaired) electrons. The summed E-state index contributed by atoms with van der Waals surface area (Å²) >= 11 is 1.27. The van der Waals surface area contributed by atoms with Gasteiger partial charge in [0.2, 0.25) is 0 Å². The van der Waals surface area contributed by atoms with Crippen LogP contribution in [0, 0.1) is 6.92 Å². The quantitative estimate of drug-likeness (QED) is 0.259. The van der Waals surface area contributed by atoms with E-state index in [4.69, 9.17) is 23.7 Å². The van der Waals surface area contributed by atoms with E-state index in [1.807, 2.05) is 50.3 Å². The predicted molar refractivity (Wildman–Crippen MR) is 153 cm³/mol. The molecule has 0 saturated heterocycles. The lowest BCUT2D eigenvalue weighted by Gasteiger charge is -2.27. The molecule has 0 bridgehead atoms. The van der Waals surface area contributed by atoms with Crippen LogP contribution in [-0.2, 0) is 14.3 Å². The molecule has 4 rings (SSSR count). The molecule has 1 aromatic heterocycles. The van der Waals surface area contributed by atoms with Crippen molar-refractivity contribution in [2.24, 2.45) is 4.99 Å². The maximum Gasteiger partial charge on any atom is 0.338 e. The number of ether oxygens (including phenoxy) is 5. The summed E-state index contributed by atoms with van der Waals surface area (Å²) in [5, 5.41) is 0. The monoisotopic (exact) mass is 566 g/mol. The Kier molecular flexibility index (Phi) is 9.44. The highest BCUT2D eigenvalue weighted by atomic mass is 32.1. The highest BCUT2D eigenvalue weighted by Crippen LogP contribution is 2.40. The summed E-state index contributed by atoms with van der Waals surface area (Å²) < 4.78 is 29.7. The summed E-state index contributed by atoms with van der Waals surface area (Å²) in [5.74, 6) is 1.13. The fraction of sp³-hybridized carbons (Fsp3) is 0.367. The molecule has 2 aromatic carbocycles. The molecule has 1 aliphatic rings. The van der Waals surface area contributed by atoms with Gasteiger partial charge in [0.15, 0.2) is 16.3 Å². The normalized spacial score (nSPS) is 14.9. The summed E-state index contributed by atoms with van der Waals surface area (Å²) in [6.07, 6.45) is 2.61. The second-order valence-electron chi connectivity index (χ2n) is 9.16. The Morgan fingerprint density at radius 2 is 1.88 bits per heavy atom. The Balaban J connectivity index is 1.96. The van der Waals surface area contributed by atoms with Crippen LogP contribution < -0.4 is 29.1 Å². The Labute approximate surface area is 236 Å². The van der Waals surface area contributed by atoms with Crippen LogP contribution in [0.2, 0.25) is 0 Å². The number of nitrogens with zero attached hydrogens (tertiary/aromatic N) is 2. The van der Waals surface area contributed by atoms with Crippen molar-refractivity contribution in [3.63, 3.8) is 0 Å². The fourth-order valence-electron chi connectivity index (χ4n) is 4.52. The molecule has 10 heteroatoms. The lowest BCUT2D eigenvalue weighted by Crippen LogP contribution is -2.40. The minimum absolute atomic E-state index is 0.0668. The highest BCUT2D eigenvalue weighted by Gasteiger charge is 2.36. The molecule has 0 N–H and O–H groups in total. The molecule has 212 valence electrons. The van der Waals surface area contributed by atoms with Gasteiger partial charge in [-0.15, -0.1) is 0 Å². The molecule has 0 unspecified atom stereocenters. The molecule has 40 heavy (non-hydrogen) atoms. The van der Waals surface area contributed by atoms with Gasteiger partial charge in [-0.3, -0.25) is 9.36 Å². The minimum Gasteiger partial charge on any atom is -0.497 e. The number of thiazole rings is 1. The van der Waals surface area contributed by atoms with Gasteiger partial charge in [0.1, 0.15) is 18.4 Å². The maximum absolute atomic E-state index is 14.0. The van der Waals surface area contributed by atoms with E-state index in [0.717, 1.165) is 23.3 Å². The molecule has 0 spiro atoms. The van der Waals surface area contributed by atoms with Crippen LogP contribution in [0.15, 0.2) is 57.5 Å². The molecule has 2 heterocycles. The zero-order chi connectivity index (χ0) is 28.8. The standard InChI is InChI=1S/C30H34N2O7S/c1-7-13-38-27-22(9-8-10-23(27)37-6)26-25(29(34)39-15-14-35-4)19(3)31-30-32(26)28(33)24(40-30)17-20-11-12-21(36-5)16-18(20)2/h8-12,16-17,26H,7,13-15H2,1-6H3/b24-17+/t26-/m1/s1. The van der Waals surface area contributed by atoms with E-state index >= 15 is 0 Å². The number of hydrogen-bond acceptors (Lipinski definition) is 9. The van der Waals surface area contributed by atoms with Crippen LogP contribution in [0.3, 0.4) is 0 Å². The Hall–Kier alpha value is -3.89.